The van der Waals surface area contributed by atoms with Crippen LogP contribution in [0.15, 0.2) is 0 Å². The van der Waals surface area contributed by atoms with Gasteiger partial charge in [0.15, 0.2) is 0 Å². The summed E-state index contributed by atoms with van der Waals surface area (Å²) in [6, 6.07) is 0. The van der Waals surface area contributed by atoms with Gasteiger partial charge in [0.2, 0.25) is 0 Å². The van der Waals surface area contributed by atoms with E-state index in [0.717, 1.165) is 12.8 Å². The zero-order chi connectivity index (χ0) is 7.45. The highest BCUT2D eigenvalue weighted by Gasteiger charge is 2.30. The van der Waals surface area contributed by atoms with Crippen LogP contribution >= 0.6 is 12.6 Å². The van der Waals surface area contributed by atoms with Gasteiger partial charge >= 0.3 is 0 Å². The number of alkyl halides is 1. The molecular formula is C7H13FOS. The van der Waals surface area contributed by atoms with Crippen LogP contribution < -0.4 is 0 Å². The molecule has 1 fully saturated rings. The van der Waals surface area contributed by atoms with Crippen LogP contribution in [0.25, 0.3) is 0 Å². The predicted octanol–water partition coefficient (Wildman–Crippen LogP) is 1.68. The monoisotopic (exact) mass is 164 g/mol. The second kappa shape index (κ2) is 3.58. The molecule has 60 valence electrons. The highest BCUT2D eigenvalue weighted by atomic mass is 32.1. The van der Waals surface area contributed by atoms with Gasteiger partial charge in [-0.25, -0.2) is 0 Å². The van der Waals surface area contributed by atoms with Crippen molar-refractivity contribution in [2.24, 2.45) is 5.41 Å². The van der Waals surface area contributed by atoms with E-state index in [2.05, 4.69) is 12.6 Å². The van der Waals surface area contributed by atoms with Crippen LogP contribution in [0.4, 0.5) is 4.39 Å². The highest BCUT2D eigenvalue weighted by molar-refractivity contribution is 7.80. The molecule has 0 aromatic rings. The standard InChI is InChI=1S/C7H13FOS/c8-5-7(6-10)1-3-9-4-2-7/h10H,1-6H2. The molecule has 1 rings (SSSR count). The van der Waals surface area contributed by atoms with Crippen LogP contribution in [0.2, 0.25) is 0 Å². The second-order valence-electron chi connectivity index (χ2n) is 2.90. The normalized spacial score (nSPS) is 24.6. The maximum Gasteiger partial charge on any atom is 0.0960 e. The van der Waals surface area contributed by atoms with Gasteiger partial charge in [0.25, 0.3) is 0 Å². The summed E-state index contributed by atoms with van der Waals surface area (Å²) >= 11 is 4.13. The molecule has 1 aliphatic rings. The summed E-state index contributed by atoms with van der Waals surface area (Å²) in [4.78, 5) is 0. The molecule has 10 heavy (non-hydrogen) atoms. The van der Waals surface area contributed by atoms with Crippen molar-refractivity contribution < 1.29 is 9.13 Å². The van der Waals surface area contributed by atoms with Crippen molar-refractivity contribution in [1.29, 1.82) is 0 Å². The maximum atomic E-state index is 12.4. The van der Waals surface area contributed by atoms with E-state index in [-0.39, 0.29) is 12.1 Å². The Labute approximate surface area is 66.4 Å². The van der Waals surface area contributed by atoms with E-state index in [4.69, 9.17) is 4.74 Å². The number of rotatable bonds is 2. The zero-order valence-corrected chi connectivity index (χ0v) is 6.87. The quantitative estimate of drug-likeness (QED) is 0.611. The first-order chi connectivity index (χ1) is 4.83. The van der Waals surface area contributed by atoms with Crippen molar-refractivity contribution in [2.45, 2.75) is 12.8 Å². The average Bonchev–Trinajstić information content (AvgIpc) is 2.06. The van der Waals surface area contributed by atoms with Crippen molar-refractivity contribution in [3.05, 3.63) is 0 Å². The fourth-order valence-corrected chi connectivity index (χ4v) is 1.54. The van der Waals surface area contributed by atoms with Crippen LogP contribution in [0.5, 0.6) is 0 Å². The summed E-state index contributed by atoms with van der Waals surface area (Å²) in [5.74, 6) is 0.646. The summed E-state index contributed by atoms with van der Waals surface area (Å²) in [5.41, 5.74) is -0.165. The van der Waals surface area contributed by atoms with Crippen LogP contribution in [-0.4, -0.2) is 25.6 Å². The van der Waals surface area contributed by atoms with Crippen molar-refractivity contribution in [2.75, 3.05) is 25.6 Å². The predicted molar refractivity (Wildman–Crippen MR) is 42.3 cm³/mol. The van der Waals surface area contributed by atoms with Crippen molar-refractivity contribution in [3.63, 3.8) is 0 Å². The van der Waals surface area contributed by atoms with Crippen LogP contribution in [0.1, 0.15) is 12.8 Å². The summed E-state index contributed by atoms with van der Waals surface area (Å²) in [7, 11) is 0. The van der Waals surface area contributed by atoms with Crippen molar-refractivity contribution in [3.8, 4) is 0 Å². The van der Waals surface area contributed by atoms with Crippen LogP contribution in [0.3, 0.4) is 0 Å². The number of thiol groups is 1. The van der Waals surface area contributed by atoms with Crippen molar-refractivity contribution in [1.82, 2.24) is 0 Å². The Morgan fingerprint density at radius 1 is 1.40 bits per heavy atom. The highest BCUT2D eigenvalue weighted by Crippen LogP contribution is 2.31. The molecule has 0 bridgehead atoms. The smallest absolute Gasteiger partial charge is 0.0960 e. The molecule has 0 atom stereocenters. The molecule has 0 aromatic carbocycles. The maximum absolute atomic E-state index is 12.4. The van der Waals surface area contributed by atoms with E-state index in [1.807, 2.05) is 0 Å². The SMILES string of the molecule is FCC1(CS)CCOCC1. The van der Waals surface area contributed by atoms with E-state index in [9.17, 15) is 4.39 Å². The molecule has 0 radical (unpaired) electrons. The Bertz CT molecular complexity index is 95.8. The molecule has 0 aromatic heterocycles. The van der Waals surface area contributed by atoms with Gasteiger partial charge in [0.05, 0.1) is 6.67 Å². The number of halogens is 1. The lowest BCUT2D eigenvalue weighted by molar-refractivity contribution is 0.0146. The molecule has 0 N–H and O–H groups in total. The Kier molecular flexibility index (Phi) is 2.98. The van der Waals surface area contributed by atoms with Gasteiger partial charge in [-0.1, -0.05) is 0 Å². The fourth-order valence-electron chi connectivity index (χ4n) is 1.14. The van der Waals surface area contributed by atoms with Gasteiger partial charge in [-0.3, -0.25) is 4.39 Å². The zero-order valence-electron chi connectivity index (χ0n) is 5.98. The third-order valence-corrected chi connectivity index (χ3v) is 2.84. The van der Waals surface area contributed by atoms with Gasteiger partial charge in [0, 0.05) is 18.6 Å². The summed E-state index contributed by atoms with van der Waals surface area (Å²) < 4.78 is 17.6. The molecule has 0 unspecified atom stereocenters. The molecule has 3 heteroatoms. The Balaban J connectivity index is 2.44. The fraction of sp³-hybridized carbons (Fsp3) is 1.00. The third kappa shape index (κ3) is 1.64. The van der Waals surface area contributed by atoms with E-state index in [1.165, 1.54) is 0 Å². The van der Waals surface area contributed by atoms with Gasteiger partial charge in [-0.2, -0.15) is 12.6 Å². The lowest BCUT2D eigenvalue weighted by Gasteiger charge is -2.32. The van der Waals surface area contributed by atoms with E-state index < -0.39 is 0 Å². The summed E-state index contributed by atoms with van der Waals surface area (Å²) in [5, 5.41) is 0. The molecule has 0 spiro atoms. The Morgan fingerprint density at radius 2 is 2.00 bits per heavy atom. The minimum Gasteiger partial charge on any atom is -0.381 e. The molecule has 1 aliphatic heterocycles. The van der Waals surface area contributed by atoms with E-state index in [1.54, 1.807) is 0 Å². The lowest BCUT2D eigenvalue weighted by Crippen LogP contribution is -2.33. The minimum absolute atomic E-state index is 0.165. The molecule has 1 heterocycles. The first kappa shape index (κ1) is 8.34. The minimum atomic E-state index is -0.250. The topological polar surface area (TPSA) is 9.23 Å². The van der Waals surface area contributed by atoms with Gasteiger partial charge in [-0.05, 0) is 18.6 Å². The van der Waals surface area contributed by atoms with Gasteiger partial charge < -0.3 is 4.74 Å². The summed E-state index contributed by atoms with van der Waals surface area (Å²) in [6.07, 6.45) is 1.65. The Morgan fingerprint density at radius 3 is 2.30 bits per heavy atom. The van der Waals surface area contributed by atoms with Gasteiger partial charge in [0.1, 0.15) is 0 Å². The molecule has 0 saturated carbocycles. The third-order valence-electron chi connectivity index (χ3n) is 2.17. The van der Waals surface area contributed by atoms with Crippen LogP contribution in [-0.2, 0) is 4.74 Å². The Hall–Kier alpha value is 0.240. The molecule has 1 saturated heterocycles. The number of ether oxygens (including phenoxy) is 1. The van der Waals surface area contributed by atoms with Crippen molar-refractivity contribution >= 4 is 12.6 Å². The second-order valence-corrected chi connectivity index (χ2v) is 3.22. The molecule has 1 nitrogen and oxygen atoms in total. The number of hydrogen-bond acceptors (Lipinski definition) is 2. The number of hydrogen-bond donors (Lipinski definition) is 1. The average molecular weight is 164 g/mol. The van der Waals surface area contributed by atoms with E-state index in [0.29, 0.717) is 19.0 Å². The molecule has 0 aliphatic carbocycles. The molecular weight excluding hydrogens is 151 g/mol. The first-order valence-corrected chi connectivity index (χ1v) is 4.21. The van der Waals surface area contributed by atoms with E-state index >= 15 is 0 Å². The first-order valence-electron chi connectivity index (χ1n) is 3.58. The lowest BCUT2D eigenvalue weighted by atomic mass is 9.84. The van der Waals surface area contributed by atoms with Crippen LogP contribution in [0, 0.1) is 5.41 Å². The van der Waals surface area contributed by atoms with Gasteiger partial charge in [-0.15, -0.1) is 0 Å². The molecule has 0 amide bonds. The summed E-state index contributed by atoms with van der Waals surface area (Å²) in [6.45, 7) is 1.15. The largest absolute Gasteiger partial charge is 0.381 e.